The van der Waals surface area contributed by atoms with Gasteiger partial charge in [-0.05, 0) is 23.6 Å². The average molecular weight is 207 g/mol. The minimum absolute atomic E-state index is 0.145. The summed E-state index contributed by atoms with van der Waals surface area (Å²) in [6.07, 6.45) is 0.145. The van der Waals surface area contributed by atoms with Crippen molar-refractivity contribution >= 4 is 11.7 Å². The van der Waals surface area contributed by atoms with Crippen LogP contribution in [0.25, 0.3) is 0 Å². The molecule has 3 heteroatoms. The molecule has 0 aliphatic rings. The molecule has 1 aromatic rings. The van der Waals surface area contributed by atoms with Gasteiger partial charge in [-0.2, -0.15) is 0 Å². The van der Waals surface area contributed by atoms with Crippen LogP contribution < -0.4 is 5.32 Å². The molecular weight excluding hydrogens is 190 g/mol. The molecule has 82 valence electrons. The van der Waals surface area contributed by atoms with E-state index in [2.05, 4.69) is 31.3 Å². The SMILES string of the molecule is CC(C)c1cccc(NCCC(=O)O)c1. The van der Waals surface area contributed by atoms with E-state index in [-0.39, 0.29) is 6.42 Å². The van der Waals surface area contributed by atoms with Crippen LogP contribution in [0.1, 0.15) is 31.7 Å². The highest BCUT2D eigenvalue weighted by Crippen LogP contribution is 2.18. The smallest absolute Gasteiger partial charge is 0.305 e. The van der Waals surface area contributed by atoms with E-state index >= 15 is 0 Å². The van der Waals surface area contributed by atoms with Gasteiger partial charge in [-0.1, -0.05) is 26.0 Å². The fraction of sp³-hybridized carbons (Fsp3) is 0.417. The molecule has 0 aliphatic carbocycles. The van der Waals surface area contributed by atoms with Gasteiger partial charge in [0.05, 0.1) is 6.42 Å². The Labute approximate surface area is 90.1 Å². The van der Waals surface area contributed by atoms with E-state index in [4.69, 9.17) is 5.11 Å². The summed E-state index contributed by atoms with van der Waals surface area (Å²) in [6, 6.07) is 8.08. The van der Waals surface area contributed by atoms with E-state index < -0.39 is 5.97 Å². The topological polar surface area (TPSA) is 49.3 Å². The molecule has 1 rings (SSSR count). The fourth-order valence-corrected chi connectivity index (χ4v) is 1.32. The molecule has 3 nitrogen and oxygen atoms in total. The van der Waals surface area contributed by atoms with Gasteiger partial charge >= 0.3 is 5.97 Å². The second-order valence-corrected chi connectivity index (χ2v) is 3.85. The third kappa shape index (κ3) is 4.02. The van der Waals surface area contributed by atoms with Crippen LogP contribution in [0, 0.1) is 0 Å². The number of rotatable bonds is 5. The highest BCUT2D eigenvalue weighted by Gasteiger charge is 2.00. The molecule has 0 amide bonds. The van der Waals surface area contributed by atoms with Crippen molar-refractivity contribution in [3.8, 4) is 0 Å². The van der Waals surface area contributed by atoms with Crippen LogP contribution in [-0.2, 0) is 4.79 Å². The van der Waals surface area contributed by atoms with Crippen LogP contribution in [-0.4, -0.2) is 17.6 Å². The zero-order valence-corrected chi connectivity index (χ0v) is 9.16. The maximum Gasteiger partial charge on any atom is 0.305 e. The number of carbonyl (C=O) groups is 1. The number of hydrogen-bond donors (Lipinski definition) is 2. The van der Waals surface area contributed by atoms with E-state index in [1.54, 1.807) is 0 Å². The third-order valence-electron chi connectivity index (χ3n) is 2.22. The van der Waals surface area contributed by atoms with Crippen molar-refractivity contribution in [1.29, 1.82) is 0 Å². The normalized spacial score (nSPS) is 10.3. The molecule has 0 heterocycles. The van der Waals surface area contributed by atoms with Crippen LogP contribution in [0.15, 0.2) is 24.3 Å². The molecular formula is C12H17NO2. The van der Waals surface area contributed by atoms with Crippen LogP contribution in [0.5, 0.6) is 0 Å². The third-order valence-corrected chi connectivity index (χ3v) is 2.22. The lowest BCUT2D eigenvalue weighted by molar-refractivity contribution is -0.136. The maximum absolute atomic E-state index is 10.3. The zero-order chi connectivity index (χ0) is 11.3. The van der Waals surface area contributed by atoms with Crippen LogP contribution in [0.2, 0.25) is 0 Å². The number of benzene rings is 1. The Hall–Kier alpha value is -1.51. The van der Waals surface area contributed by atoms with Crippen molar-refractivity contribution < 1.29 is 9.90 Å². The highest BCUT2D eigenvalue weighted by atomic mass is 16.4. The lowest BCUT2D eigenvalue weighted by atomic mass is 10.0. The summed E-state index contributed by atoms with van der Waals surface area (Å²) in [5, 5.41) is 11.6. The van der Waals surface area contributed by atoms with E-state index in [1.165, 1.54) is 5.56 Å². The number of hydrogen-bond acceptors (Lipinski definition) is 2. The summed E-state index contributed by atoms with van der Waals surface area (Å²) in [4.78, 5) is 10.3. The molecule has 15 heavy (non-hydrogen) atoms. The first kappa shape index (κ1) is 11.6. The standard InChI is InChI=1S/C12H17NO2/c1-9(2)10-4-3-5-11(8-10)13-7-6-12(14)15/h3-5,8-9,13H,6-7H2,1-2H3,(H,14,15). The first-order valence-corrected chi connectivity index (χ1v) is 5.15. The lowest BCUT2D eigenvalue weighted by Crippen LogP contribution is -2.07. The van der Waals surface area contributed by atoms with Crippen molar-refractivity contribution in [1.82, 2.24) is 0 Å². The predicted octanol–water partition coefficient (Wildman–Crippen LogP) is 2.70. The Morgan fingerprint density at radius 2 is 2.20 bits per heavy atom. The molecule has 0 unspecified atom stereocenters. The molecule has 0 saturated carbocycles. The van der Waals surface area contributed by atoms with Crippen molar-refractivity contribution in [2.24, 2.45) is 0 Å². The summed E-state index contributed by atoms with van der Waals surface area (Å²) < 4.78 is 0. The number of nitrogens with one attached hydrogen (secondary N) is 1. The molecule has 0 atom stereocenters. The molecule has 0 fully saturated rings. The van der Waals surface area contributed by atoms with E-state index in [0.717, 1.165) is 5.69 Å². The van der Waals surface area contributed by atoms with E-state index in [1.807, 2.05) is 12.1 Å². The highest BCUT2D eigenvalue weighted by molar-refractivity contribution is 5.67. The summed E-state index contributed by atoms with van der Waals surface area (Å²) >= 11 is 0. The summed E-state index contributed by atoms with van der Waals surface area (Å²) in [6.45, 7) is 4.74. The molecule has 0 bridgehead atoms. The largest absolute Gasteiger partial charge is 0.481 e. The first-order chi connectivity index (χ1) is 7.09. The molecule has 0 aliphatic heterocycles. The van der Waals surface area contributed by atoms with Crippen molar-refractivity contribution in [2.75, 3.05) is 11.9 Å². The Kier molecular flexibility index (Phi) is 4.16. The quantitative estimate of drug-likeness (QED) is 0.780. The van der Waals surface area contributed by atoms with Crippen molar-refractivity contribution in [3.05, 3.63) is 29.8 Å². The predicted molar refractivity (Wildman–Crippen MR) is 61.3 cm³/mol. The minimum Gasteiger partial charge on any atom is -0.481 e. The molecule has 0 radical (unpaired) electrons. The second kappa shape index (κ2) is 5.39. The maximum atomic E-state index is 10.3. The van der Waals surface area contributed by atoms with Crippen molar-refractivity contribution in [2.45, 2.75) is 26.2 Å². The average Bonchev–Trinajstić information content (AvgIpc) is 2.17. The Balaban J connectivity index is 2.54. The summed E-state index contributed by atoms with van der Waals surface area (Å²) in [7, 11) is 0. The van der Waals surface area contributed by atoms with Crippen LogP contribution >= 0.6 is 0 Å². The monoisotopic (exact) mass is 207 g/mol. The molecule has 0 aromatic heterocycles. The van der Waals surface area contributed by atoms with E-state index in [9.17, 15) is 4.79 Å². The number of anilines is 1. The molecule has 1 aromatic carbocycles. The van der Waals surface area contributed by atoms with Gasteiger partial charge in [-0.15, -0.1) is 0 Å². The Morgan fingerprint density at radius 3 is 2.80 bits per heavy atom. The van der Waals surface area contributed by atoms with Gasteiger partial charge in [0.1, 0.15) is 0 Å². The van der Waals surface area contributed by atoms with Gasteiger partial charge in [0.25, 0.3) is 0 Å². The van der Waals surface area contributed by atoms with Gasteiger partial charge in [0.15, 0.2) is 0 Å². The second-order valence-electron chi connectivity index (χ2n) is 3.85. The minimum atomic E-state index is -0.775. The molecule has 0 spiro atoms. The summed E-state index contributed by atoms with van der Waals surface area (Å²) in [5.41, 5.74) is 2.25. The number of aliphatic carboxylic acids is 1. The van der Waals surface area contributed by atoms with E-state index in [0.29, 0.717) is 12.5 Å². The van der Waals surface area contributed by atoms with Crippen LogP contribution in [0.3, 0.4) is 0 Å². The van der Waals surface area contributed by atoms with Gasteiger partial charge in [-0.3, -0.25) is 4.79 Å². The number of carboxylic acid groups (broad SMARTS) is 1. The van der Waals surface area contributed by atoms with Gasteiger partial charge in [0.2, 0.25) is 0 Å². The fourth-order valence-electron chi connectivity index (χ4n) is 1.32. The van der Waals surface area contributed by atoms with Gasteiger partial charge in [-0.25, -0.2) is 0 Å². The Bertz CT molecular complexity index is 334. The Morgan fingerprint density at radius 1 is 1.47 bits per heavy atom. The van der Waals surface area contributed by atoms with Crippen LogP contribution in [0.4, 0.5) is 5.69 Å². The van der Waals surface area contributed by atoms with Gasteiger partial charge in [0, 0.05) is 12.2 Å². The lowest BCUT2D eigenvalue weighted by Gasteiger charge is -2.09. The summed E-state index contributed by atoms with van der Waals surface area (Å²) in [5.74, 6) is -0.284. The van der Waals surface area contributed by atoms with Gasteiger partial charge < -0.3 is 10.4 Å². The molecule has 0 saturated heterocycles. The first-order valence-electron chi connectivity index (χ1n) is 5.15. The zero-order valence-electron chi connectivity index (χ0n) is 9.16. The molecule has 2 N–H and O–H groups in total. The number of carboxylic acids is 1. The van der Waals surface area contributed by atoms with Crippen molar-refractivity contribution in [3.63, 3.8) is 0 Å².